The van der Waals surface area contributed by atoms with E-state index in [1.807, 2.05) is 25.1 Å². The zero-order chi connectivity index (χ0) is 27.2. The molecule has 8 heteroatoms. The third-order valence-electron chi connectivity index (χ3n) is 6.47. The first-order chi connectivity index (χ1) is 18.3. The number of nitrogens with one attached hydrogen (secondary N) is 1. The molecule has 3 aromatic carbocycles. The summed E-state index contributed by atoms with van der Waals surface area (Å²) in [5.74, 6) is -0.998. The van der Waals surface area contributed by atoms with Crippen LogP contribution in [-0.4, -0.2) is 28.7 Å². The fraction of sp³-hybridized carbons (Fsp3) is 0.233. The van der Waals surface area contributed by atoms with Crippen LogP contribution in [-0.2, 0) is 11.2 Å². The SMILES string of the molecule is COc1ccccc1-n1c(CCCCC(=O)O)cc2cc(C(=O)N[C@H](C)c3ccc(F)cc3)ccc2c1=O. The van der Waals surface area contributed by atoms with E-state index in [2.05, 4.69) is 5.32 Å². The van der Waals surface area contributed by atoms with Crippen molar-refractivity contribution < 1.29 is 23.8 Å². The molecule has 2 N–H and O–H groups in total. The lowest BCUT2D eigenvalue weighted by Gasteiger charge is -2.18. The van der Waals surface area contributed by atoms with Crippen LogP contribution in [0.2, 0.25) is 0 Å². The summed E-state index contributed by atoms with van der Waals surface area (Å²) in [7, 11) is 1.54. The summed E-state index contributed by atoms with van der Waals surface area (Å²) >= 11 is 0. The first-order valence-electron chi connectivity index (χ1n) is 12.4. The van der Waals surface area contributed by atoms with E-state index in [9.17, 15) is 18.8 Å². The van der Waals surface area contributed by atoms with Crippen molar-refractivity contribution in [3.05, 3.63) is 106 Å². The Morgan fingerprint density at radius 3 is 2.47 bits per heavy atom. The number of nitrogens with zero attached hydrogens (tertiary/aromatic N) is 1. The molecule has 0 unspecified atom stereocenters. The van der Waals surface area contributed by atoms with Crippen molar-refractivity contribution in [2.75, 3.05) is 7.11 Å². The van der Waals surface area contributed by atoms with E-state index in [1.165, 1.54) is 19.2 Å². The third-order valence-corrected chi connectivity index (χ3v) is 6.47. The summed E-state index contributed by atoms with van der Waals surface area (Å²) in [5.41, 5.74) is 2.17. The second-order valence-electron chi connectivity index (χ2n) is 9.10. The van der Waals surface area contributed by atoms with Gasteiger partial charge in [0, 0.05) is 23.1 Å². The van der Waals surface area contributed by atoms with Crippen LogP contribution in [0.3, 0.4) is 0 Å². The maximum Gasteiger partial charge on any atom is 0.303 e. The van der Waals surface area contributed by atoms with Crippen LogP contribution in [0.15, 0.2) is 77.6 Å². The molecule has 0 bridgehead atoms. The second kappa shape index (κ2) is 11.7. The first-order valence-corrected chi connectivity index (χ1v) is 12.4. The van der Waals surface area contributed by atoms with Crippen LogP contribution in [0.5, 0.6) is 5.75 Å². The van der Waals surface area contributed by atoms with Crippen molar-refractivity contribution in [1.82, 2.24) is 9.88 Å². The number of aryl methyl sites for hydroxylation is 1. The number of amides is 1. The highest BCUT2D eigenvalue weighted by atomic mass is 19.1. The van der Waals surface area contributed by atoms with Gasteiger partial charge in [-0.15, -0.1) is 0 Å². The molecule has 0 spiro atoms. The molecule has 0 aliphatic rings. The Balaban J connectivity index is 1.71. The molecule has 196 valence electrons. The number of carboxylic acid groups (broad SMARTS) is 1. The highest BCUT2D eigenvalue weighted by Gasteiger charge is 2.17. The zero-order valence-electron chi connectivity index (χ0n) is 21.2. The molecule has 1 atom stereocenters. The Labute approximate surface area is 219 Å². The normalized spacial score (nSPS) is 11.8. The lowest BCUT2D eigenvalue weighted by atomic mass is 10.0. The summed E-state index contributed by atoms with van der Waals surface area (Å²) in [6, 6.07) is 19.6. The number of rotatable bonds is 10. The Kier molecular flexibility index (Phi) is 8.21. The zero-order valence-corrected chi connectivity index (χ0v) is 21.2. The summed E-state index contributed by atoms with van der Waals surface area (Å²) in [4.78, 5) is 37.7. The monoisotopic (exact) mass is 516 g/mol. The van der Waals surface area contributed by atoms with E-state index < -0.39 is 5.97 Å². The predicted octanol–water partition coefficient (Wildman–Crippen LogP) is 5.43. The van der Waals surface area contributed by atoms with Crippen LogP contribution in [0.1, 0.15) is 53.8 Å². The minimum absolute atomic E-state index is 0.0447. The van der Waals surface area contributed by atoms with Gasteiger partial charge in [-0.05, 0) is 85.7 Å². The average Bonchev–Trinajstić information content (AvgIpc) is 2.91. The van der Waals surface area contributed by atoms with Gasteiger partial charge in [-0.3, -0.25) is 19.0 Å². The Hall–Kier alpha value is -4.46. The molecule has 0 fully saturated rings. The second-order valence-corrected chi connectivity index (χ2v) is 9.10. The average molecular weight is 517 g/mol. The number of aliphatic carboxylic acids is 1. The summed E-state index contributed by atoms with van der Waals surface area (Å²) in [6.45, 7) is 1.81. The molecule has 7 nitrogen and oxygen atoms in total. The minimum atomic E-state index is -0.865. The van der Waals surface area contributed by atoms with Crippen molar-refractivity contribution in [3.63, 3.8) is 0 Å². The molecule has 0 saturated heterocycles. The minimum Gasteiger partial charge on any atom is -0.495 e. The number of unbranched alkanes of at least 4 members (excludes halogenated alkanes) is 1. The van der Waals surface area contributed by atoms with E-state index in [4.69, 9.17) is 9.84 Å². The molecule has 38 heavy (non-hydrogen) atoms. The molecule has 1 aromatic heterocycles. The molecule has 0 aliphatic heterocycles. The highest BCUT2D eigenvalue weighted by Crippen LogP contribution is 2.26. The topological polar surface area (TPSA) is 97.6 Å². The van der Waals surface area contributed by atoms with Gasteiger partial charge in [0.05, 0.1) is 18.8 Å². The number of pyridine rings is 1. The Morgan fingerprint density at radius 2 is 1.76 bits per heavy atom. The van der Waals surface area contributed by atoms with E-state index in [-0.39, 0.29) is 29.7 Å². The van der Waals surface area contributed by atoms with E-state index >= 15 is 0 Å². The summed E-state index contributed by atoms with van der Waals surface area (Å²) in [5, 5.41) is 13.0. The predicted molar refractivity (Wildman–Crippen MR) is 144 cm³/mol. The number of carboxylic acids is 1. The molecule has 0 saturated carbocycles. The van der Waals surface area contributed by atoms with Gasteiger partial charge >= 0.3 is 5.97 Å². The van der Waals surface area contributed by atoms with Gasteiger partial charge in [0.25, 0.3) is 11.5 Å². The number of hydrogen-bond donors (Lipinski definition) is 2. The highest BCUT2D eigenvalue weighted by molar-refractivity contribution is 5.98. The Bertz CT molecular complexity index is 1530. The Morgan fingerprint density at radius 1 is 1.03 bits per heavy atom. The van der Waals surface area contributed by atoms with Gasteiger partial charge in [-0.1, -0.05) is 24.3 Å². The van der Waals surface area contributed by atoms with Gasteiger partial charge in [0.2, 0.25) is 0 Å². The van der Waals surface area contributed by atoms with Crippen molar-refractivity contribution >= 4 is 22.6 Å². The molecule has 0 radical (unpaired) electrons. The number of methoxy groups -OCH3 is 1. The van der Waals surface area contributed by atoms with Gasteiger partial charge in [0.1, 0.15) is 11.6 Å². The molecule has 1 amide bonds. The van der Waals surface area contributed by atoms with E-state index in [0.29, 0.717) is 52.7 Å². The van der Waals surface area contributed by atoms with Gasteiger partial charge in [-0.25, -0.2) is 4.39 Å². The first kappa shape index (κ1) is 26.6. The summed E-state index contributed by atoms with van der Waals surface area (Å²) < 4.78 is 20.3. The van der Waals surface area contributed by atoms with Gasteiger partial charge in [0.15, 0.2) is 0 Å². The number of benzene rings is 3. The van der Waals surface area contributed by atoms with Crippen LogP contribution >= 0.6 is 0 Å². The van der Waals surface area contributed by atoms with E-state index in [1.54, 1.807) is 47.0 Å². The number of para-hydroxylation sites is 2. The van der Waals surface area contributed by atoms with Crippen molar-refractivity contribution in [3.8, 4) is 11.4 Å². The number of hydrogen-bond acceptors (Lipinski definition) is 4. The smallest absolute Gasteiger partial charge is 0.303 e. The largest absolute Gasteiger partial charge is 0.495 e. The fourth-order valence-electron chi connectivity index (χ4n) is 4.47. The number of aromatic nitrogens is 1. The van der Waals surface area contributed by atoms with E-state index in [0.717, 1.165) is 5.56 Å². The quantitative estimate of drug-likeness (QED) is 0.274. The summed E-state index contributed by atoms with van der Waals surface area (Å²) in [6.07, 6.45) is 1.55. The fourth-order valence-corrected chi connectivity index (χ4v) is 4.47. The lowest BCUT2D eigenvalue weighted by molar-refractivity contribution is -0.137. The molecule has 4 rings (SSSR count). The molecule has 4 aromatic rings. The number of fused-ring (bicyclic) bond motifs is 1. The molecular weight excluding hydrogens is 487 g/mol. The van der Waals surface area contributed by atoms with Crippen LogP contribution in [0.25, 0.3) is 16.5 Å². The van der Waals surface area contributed by atoms with Crippen LogP contribution < -0.4 is 15.6 Å². The molecule has 1 heterocycles. The van der Waals surface area contributed by atoms with Gasteiger partial charge in [-0.2, -0.15) is 0 Å². The number of carbonyl (C=O) groups excluding carboxylic acids is 1. The molecule has 0 aliphatic carbocycles. The van der Waals surface area contributed by atoms with Crippen molar-refractivity contribution in [2.45, 2.75) is 38.6 Å². The lowest BCUT2D eigenvalue weighted by Crippen LogP contribution is -2.27. The van der Waals surface area contributed by atoms with Crippen molar-refractivity contribution in [2.24, 2.45) is 0 Å². The van der Waals surface area contributed by atoms with Gasteiger partial charge < -0.3 is 15.2 Å². The third kappa shape index (κ3) is 5.91. The maximum atomic E-state index is 13.7. The van der Waals surface area contributed by atoms with Crippen molar-refractivity contribution in [1.29, 1.82) is 0 Å². The number of halogens is 1. The maximum absolute atomic E-state index is 13.7. The number of carbonyl (C=O) groups is 2. The van der Waals surface area contributed by atoms with Crippen LogP contribution in [0.4, 0.5) is 4.39 Å². The van der Waals surface area contributed by atoms with Crippen LogP contribution in [0, 0.1) is 5.82 Å². The standard InChI is InChI=1S/C30H29FN2O5/c1-19(20-11-14-23(31)15-12-20)32-29(36)21-13-16-25-22(17-21)18-24(7-3-6-10-28(34)35)33(30(25)37)26-8-4-5-9-27(26)38-2/h4-5,8-9,11-19H,3,6-7,10H2,1-2H3,(H,32,36)(H,34,35)/t19-/m1/s1. The molecular formula is C30H29FN2O5. The number of ether oxygens (including phenoxy) is 1.